The Labute approximate surface area is 43.5 Å². The third-order valence-electron chi connectivity index (χ3n) is 0. The fraction of sp³-hybridized carbons (Fsp3) is 0.500. The molecule has 0 aromatic heterocycles. The Bertz CT molecular complexity index is 6.00. The van der Waals surface area contributed by atoms with E-state index in [9.17, 15) is 0 Å². The zero-order chi connectivity index (χ0) is 2.71. The maximum atomic E-state index is 3.40. The number of hydrogen-bond donors (Lipinski definition) is 0. The Kier molecular flexibility index (Phi) is 20.1. The van der Waals surface area contributed by atoms with Gasteiger partial charge in [0, 0.05) is 0 Å². The molecular formula is C2H5LiS. The Balaban J connectivity index is 0. The molecule has 0 unspecified atom stereocenters. The molecule has 0 aliphatic heterocycles. The number of thioether (sulfide) groups is 1. The minimum Gasteiger partial charge on any atom is -0.357 e. The van der Waals surface area contributed by atoms with E-state index in [1.807, 2.05) is 6.26 Å². The van der Waals surface area contributed by atoms with Crippen LogP contribution in [0.4, 0.5) is 0 Å². The van der Waals surface area contributed by atoms with Crippen LogP contribution in [-0.4, -0.2) is 6.26 Å². The zero-order valence-electron chi connectivity index (χ0n) is 3.12. The van der Waals surface area contributed by atoms with E-state index in [2.05, 4.69) is 6.26 Å². The average molecular weight is 68.1 g/mol. The van der Waals surface area contributed by atoms with E-state index in [1.165, 1.54) is 11.8 Å². The second kappa shape index (κ2) is 9.04. The van der Waals surface area contributed by atoms with E-state index >= 15 is 0 Å². The minimum absolute atomic E-state index is 0. The molecular weight excluding hydrogens is 63.0 g/mol. The van der Waals surface area contributed by atoms with Crippen molar-refractivity contribution in [3.63, 3.8) is 0 Å². The predicted octanol–water partition coefficient (Wildman–Crippen LogP) is -1.86. The molecule has 20 valence electrons. The van der Waals surface area contributed by atoms with Gasteiger partial charge in [-0.3, -0.25) is 6.26 Å². The van der Waals surface area contributed by atoms with Crippen LogP contribution in [0.1, 0.15) is 0 Å². The van der Waals surface area contributed by atoms with Gasteiger partial charge in [-0.15, -0.1) is 0 Å². The predicted molar refractivity (Wildman–Crippen MR) is 18.9 cm³/mol. The molecule has 0 radical (unpaired) electrons. The van der Waals surface area contributed by atoms with Gasteiger partial charge in [0.15, 0.2) is 0 Å². The molecule has 0 N–H and O–H groups in total. The molecule has 0 nitrogen and oxygen atoms in total. The Hall–Kier alpha value is 0.947. The third kappa shape index (κ3) is 12.5. The topological polar surface area (TPSA) is 0 Å². The molecule has 0 aromatic carbocycles. The van der Waals surface area contributed by atoms with Gasteiger partial charge in [0.1, 0.15) is 0 Å². The maximum absolute atomic E-state index is 3.40. The van der Waals surface area contributed by atoms with Crippen LogP contribution in [-0.2, 0) is 0 Å². The van der Waals surface area contributed by atoms with Crippen molar-refractivity contribution in [3.8, 4) is 0 Å². The zero-order valence-corrected chi connectivity index (χ0v) is 3.93. The summed E-state index contributed by atoms with van der Waals surface area (Å²) in [6, 6.07) is 0. The van der Waals surface area contributed by atoms with Gasteiger partial charge in [0.2, 0.25) is 0 Å². The van der Waals surface area contributed by atoms with Gasteiger partial charge in [0.05, 0.1) is 0 Å². The first-order valence-electron chi connectivity index (χ1n) is 0.697. The molecule has 0 saturated heterocycles. The summed E-state index contributed by atoms with van der Waals surface area (Å²) < 4.78 is 0. The molecule has 0 aliphatic rings. The first kappa shape index (κ1) is 8.87. The van der Waals surface area contributed by atoms with Gasteiger partial charge < -0.3 is 11.8 Å². The molecule has 0 heterocycles. The van der Waals surface area contributed by atoms with Gasteiger partial charge in [-0.05, 0) is 6.26 Å². The van der Waals surface area contributed by atoms with E-state index in [4.69, 9.17) is 0 Å². The maximum Gasteiger partial charge on any atom is 1.00 e. The smallest absolute Gasteiger partial charge is 0.357 e. The molecule has 0 spiro atoms. The monoisotopic (exact) mass is 68.0 g/mol. The van der Waals surface area contributed by atoms with Crippen LogP contribution >= 0.6 is 11.8 Å². The first-order chi connectivity index (χ1) is 1.41. The van der Waals surface area contributed by atoms with Crippen molar-refractivity contribution in [2.45, 2.75) is 0 Å². The van der Waals surface area contributed by atoms with E-state index < -0.39 is 0 Å². The van der Waals surface area contributed by atoms with Crippen LogP contribution in [0.25, 0.3) is 0 Å². The molecule has 4 heavy (non-hydrogen) atoms. The van der Waals surface area contributed by atoms with Crippen molar-refractivity contribution >= 4 is 11.8 Å². The van der Waals surface area contributed by atoms with Gasteiger partial charge >= 0.3 is 18.9 Å². The van der Waals surface area contributed by atoms with Gasteiger partial charge in [-0.2, -0.15) is 0 Å². The molecule has 2 heteroatoms. The van der Waals surface area contributed by atoms with Crippen LogP contribution in [0.3, 0.4) is 0 Å². The average Bonchev–Trinajstić information content (AvgIpc) is 0.918. The molecule has 0 saturated carbocycles. The summed E-state index contributed by atoms with van der Waals surface area (Å²) in [4.78, 5) is 0. The van der Waals surface area contributed by atoms with Gasteiger partial charge in [-0.25, -0.2) is 0 Å². The fourth-order valence-electron chi connectivity index (χ4n) is 0. The van der Waals surface area contributed by atoms with E-state index in [0.29, 0.717) is 0 Å². The van der Waals surface area contributed by atoms with Crippen molar-refractivity contribution < 1.29 is 18.9 Å². The van der Waals surface area contributed by atoms with Crippen LogP contribution in [0.2, 0.25) is 0 Å². The second-order valence-corrected chi connectivity index (χ2v) is 0.866. The Morgan fingerprint density at radius 2 is 1.75 bits per heavy atom. The molecule has 0 fully saturated rings. The van der Waals surface area contributed by atoms with E-state index in [1.54, 1.807) is 0 Å². The summed E-state index contributed by atoms with van der Waals surface area (Å²) in [7, 11) is 0. The third-order valence-corrected chi connectivity index (χ3v) is 0. The molecule has 0 aromatic rings. The summed E-state index contributed by atoms with van der Waals surface area (Å²) in [5.41, 5.74) is 0. The number of hydrogen-bond acceptors (Lipinski definition) is 1. The summed E-state index contributed by atoms with van der Waals surface area (Å²) in [5, 5.41) is 0. The summed E-state index contributed by atoms with van der Waals surface area (Å²) in [6.45, 7) is 0. The van der Waals surface area contributed by atoms with E-state index in [-0.39, 0.29) is 18.9 Å². The minimum atomic E-state index is 0. The second-order valence-electron chi connectivity index (χ2n) is 0.289. The van der Waals surface area contributed by atoms with Crippen molar-refractivity contribution in [1.82, 2.24) is 0 Å². The Morgan fingerprint density at radius 1 is 1.75 bits per heavy atom. The quantitative estimate of drug-likeness (QED) is 0.237. The van der Waals surface area contributed by atoms with Crippen LogP contribution in [0, 0.1) is 6.26 Å². The molecule has 0 aliphatic carbocycles. The summed E-state index contributed by atoms with van der Waals surface area (Å²) in [6.07, 6.45) is 5.33. The summed E-state index contributed by atoms with van der Waals surface area (Å²) in [5.74, 6) is 0. The van der Waals surface area contributed by atoms with Crippen molar-refractivity contribution in [3.05, 3.63) is 6.26 Å². The Morgan fingerprint density at radius 3 is 1.75 bits per heavy atom. The molecule has 0 bridgehead atoms. The molecule has 0 atom stereocenters. The van der Waals surface area contributed by atoms with Crippen LogP contribution < -0.4 is 18.9 Å². The largest absolute Gasteiger partial charge is 1.00 e. The van der Waals surface area contributed by atoms with Gasteiger partial charge in [-0.1, -0.05) is 0 Å². The normalized spacial score (nSPS) is 4.50. The SMILES string of the molecule is [CH2-]SC.[Li+]. The van der Waals surface area contributed by atoms with Crippen molar-refractivity contribution in [2.75, 3.05) is 6.26 Å². The summed E-state index contributed by atoms with van der Waals surface area (Å²) >= 11 is 1.50. The van der Waals surface area contributed by atoms with Crippen LogP contribution in [0.5, 0.6) is 0 Å². The van der Waals surface area contributed by atoms with Crippen molar-refractivity contribution in [2.24, 2.45) is 0 Å². The molecule has 0 amide bonds. The fourth-order valence-corrected chi connectivity index (χ4v) is 0. The standard InChI is InChI=1S/C2H5S.Li/c1-3-2;/h1H2,2H3;/q-1;+1. The van der Waals surface area contributed by atoms with Crippen LogP contribution in [0.15, 0.2) is 0 Å². The van der Waals surface area contributed by atoms with E-state index in [0.717, 1.165) is 0 Å². The molecule has 0 rings (SSSR count). The van der Waals surface area contributed by atoms with Gasteiger partial charge in [0.25, 0.3) is 0 Å². The first-order valence-corrected chi connectivity index (χ1v) is 2.09. The van der Waals surface area contributed by atoms with Crippen molar-refractivity contribution in [1.29, 1.82) is 0 Å². The number of rotatable bonds is 0.